The molecule has 0 aliphatic heterocycles. The van der Waals surface area contributed by atoms with Crippen LogP contribution in [0.15, 0.2) is 23.6 Å². The SMILES string of the molecule is NC1=CCCC(O)=C1. The summed E-state index contributed by atoms with van der Waals surface area (Å²) in [5, 5.41) is 8.82. The van der Waals surface area contributed by atoms with Crippen molar-refractivity contribution in [1.29, 1.82) is 0 Å². The Morgan fingerprint density at radius 3 is 2.75 bits per heavy atom. The molecule has 0 saturated carbocycles. The second-order valence-electron chi connectivity index (χ2n) is 1.88. The van der Waals surface area contributed by atoms with Crippen molar-refractivity contribution in [1.82, 2.24) is 0 Å². The van der Waals surface area contributed by atoms with Crippen LogP contribution in [-0.2, 0) is 0 Å². The fraction of sp³-hybridized carbons (Fsp3) is 0.333. The number of nitrogens with two attached hydrogens (primary N) is 1. The van der Waals surface area contributed by atoms with Crippen LogP contribution in [0.1, 0.15) is 12.8 Å². The van der Waals surface area contributed by atoms with E-state index in [1.54, 1.807) is 6.08 Å². The summed E-state index contributed by atoms with van der Waals surface area (Å²) in [7, 11) is 0. The van der Waals surface area contributed by atoms with E-state index in [9.17, 15) is 0 Å². The molecule has 1 aliphatic carbocycles. The Morgan fingerprint density at radius 1 is 1.62 bits per heavy atom. The first-order valence-corrected chi connectivity index (χ1v) is 2.64. The number of hydrogen-bond donors (Lipinski definition) is 2. The summed E-state index contributed by atoms with van der Waals surface area (Å²) in [6.07, 6.45) is 5.10. The molecule has 8 heavy (non-hydrogen) atoms. The lowest BCUT2D eigenvalue weighted by Crippen LogP contribution is -1.99. The van der Waals surface area contributed by atoms with E-state index < -0.39 is 0 Å². The van der Waals surface area contributed by atoms with E-state index >= 15 is 0 Å². The Morgan fingerprint density at radius 2 is 2.38 bits per heavy atom. The minimum absolute atomic E-state index is 0.394. The van der Waals surface area contributed by atoms with Crippen molar-refractivity contribution in [2.24, 2.45) is 5.73 Å². The van der Waals surface area contributed by atoms with E-state index in [4.69, 9.17) is 10.8 Å². The summed E-state index contributed by atoms with van der Waals surface area (Å²) in [6, 6.07) is 0. The molecule has 0 heterocycles. The number of aliphatic hydroxyl groups excluding tert-OH is 1. The lowest BCUT2D eigenvalue weighted by molar-refractivity contribution is 0.386. The Hall–Kier alpha value is -0.920. The molecule has 2 heteroatoms. The summed E-state index contributed by atoms with van der Waals surface area (Å²) < 4.78 is 0. The third-order valence-electron chi connectivity index (χ3n) is 1.11. The van der Waals surface area contributed by atoms with Crippen LogP contribution in [0.3, 0.4) is 0 Å². The average molecular weight is 111 g/mol. The first-order valence-electron chi connectivity index (χ1n) is 2.64. The zero-order valence-corrected chi connectivity index (χ0v) is 4.59. The highest BCUT2D eigenvalue weighted by atomic mass is 16.3. The minimum atomic E-state index is 0.394. The summed E-state index contributed by atoms with van der Waals surface area (Å²) >= 11 is 0. The highest BCUT2D eigenvalue weighted by Crippen LogP contribution is 2.10. The van der Waals surface area contributed by atoms with Gasteiger partial charge in [0.1, 0.15) is 0 Å². The smallest absolute Gasteiger partial charge is 0.0946 e. The van der Waals surface area contributed by atoms with Crippen LogP contribution in [0, 0.1) is 0 Å². The Bertz CT molecular complexity index is 147. The van der Waals surface area contributed by atoms with Gasteiger partial charge in [-0.2, -0.15) is 0 Å². The van der Waals surface area contributed by atoms with Gasteiger partial charge >= 0.3 is 0 Å². The van der Waals surface area contributed by atoms with E-state index in [0.717, 1.165) is 12.8 Å². The van der Waals surface area contributed by atoms with Crippen LogP contribution in [-0.4, -0.2) is 5.11 Å². The van der Waals surface area contributed by atoms with Crippen LogP contribution < -0.4 is 5.73 Å². The number of hydrogen-bond acceptors (Lipinski definition) is 2. The largest absolute Gasteiger partial charge is 0.512 e. The Labute approximate surface area is 48.3 Å². The molecule has 2 nitrogen and oxygen atoms in total. The van der Waals surface area contributed by atoms with Gasteiger partial charge in [0, 0.05) is 12.1 Å². The topological polar surface area (TPSA) is 46.2 Å². The van der Waals surface area contributed by atoms with E-state index in [0.29, 0.717) is 11.5 Å². The van der Waals surface area contributed by atoms with Gasteiger partial charge in [0.15, 0.2) is 0 Å². The van der Waals surface area contributed by atoms with Gasteiger partial charge in [-0.15, -0.1) is 0 Å². The van der Waals surface area contributed by atoms with Gasteiger partial charge in [-0.3, -0.25) is 0 Å². The lowest BCUT2D eigenvalue weighted by Gasteiger charge is -2.03. The highest BCUT2D eigenvalue weighted by Gasteiger charge is 1.97. The molecule has 44 valence electrons. The van der Waals surface area contributed by atoms with E-state index in [-0.39, 0.29) is 0 Å². The van der Waals surface area contributed by atoms with Gasteiger partial charge in [0.2, 0.25) is 0 Å². The molecule has 0 amide bonds. The molecule has 0 unspecified atom stereocenters. The average Bonchev–Trinajstić information content (AvgIpc) is 1.64. The van der Waals surface area contributed by atoms with Crippen molar-refractivity contribution in [3.8, 4) is 0 Å². The van der Waals surface area contributed by atoms with Crippen molar-refractivity contribution >= 4 is 0 Å². The molecule has 0 saturated heterocycles. The molecule has 0 atom stereocenters. The van der Waals surface area contributed by atoms with E-state index in [1.165, 1.54) is 0 Å². The first-order chi connectivity index (χ1) is 3.79. The maximum atomic E-state index is 8.82. The monoisotopic (exact) mass is 111 g/mol. The van der Waals surface area contributed by atoms with Gasteiger partial charge in [-0.1, -0.05) is 6.08 Å². The molecule has 0 aromatic heterocycles. The molecular formula is C6H9NO. The molecule has 0 radical (unpaired) electrons. The van der Waals surface area contributed by atoms with Crippen molar-refractivity contribution in [2.45, 2.75) is 12.8 Å². The molecule has 0 fully saturated rings. The van der Waals surface area contributed by atoms with Gasteiger partial charge in [0.05, 0.1) is 5.76 Å². The lowest BCUT2D eigenvalue weighted by atomic mass is 10.1. The normalized spacial score (nSPS) is 19.5. The summed E-state index contributed by atoms with van der Waals surface area (Å²) in [5.41, 5.74) is 6.02. The standard InChI is InChI=1S/C6H9NO/c7-5-2-1-3-6(8)4-5/h2,4,8H,1,3,7H2. The van der Waals surface area contributed by atoms with E-state index in [1.807, 2.05) is 6.08 Å². The van der Waals surface area contributed by atoms with E-state index in [2.05, 4.69) is 0 Å². The van der Waals surface area contributed by atoms with Crippen molar-refractivity contribution in [3.63, 3.8) is 0 Å². The number of rotatable bonds is 0. The molecule has 1 aliphatic rings. The number of aliphatic hydroxyl groups is 1. The van der Waals surface area contributed by atoms with Gasteiger partial charge in [-0.25, -0.2) is 0 Å². The van der Waals surface area contributed by atoms with Crippen LogP contribution >= 0.6 is 0 Å². The molecule has 0 bridgehead atoms. The quantitative estimate of drug-likeness (QED) is 0.491. The zero-order valence-electron chi connectivity index (χ0n) is 4.59. The fourth-order valence-electron chi connectivity index (χ4n) is 0.710. The van der Waals surface area contributed by atoms with Crippen LogP contribution in [0.2, 0.25) is 0 Å². The third-order valence-corrected chi connectivity index (χ3v) is 1.11. The molecule has 1 rings (SSSR count). The van der Waals surface area contributed by atoms with Crippen LogP contribution in [0.4, 0.5) is 0 Å². The Balaban J connectivity index is 2.69. The predicted molar refractivity (Wildman–Crippen MR) is 32.2 cm³/mol. The van der Waals surface area contributed by atoms with Gasteiger partial charge in [-0.05, 0) is 12.5 Å². The maximum Gasteiger partial charge on any atom is 0.0946 e. The number of allylic oxidation sites excluding steroid dienone is 3. The van der Waals surface area contributed by atoms with Crippen molar-refractivity contribution in [2.75, 3.05) is 0 Å². The maximum absolute atomic E-state index is 8.82. The second kappa shape index (κ2) is 1.90. The van der Waals surface area contributed by atoms with Gasteiger partial charge in [0.25, 0.3) is 0 Å². The first kappa shape index (κ1) is 5.22. The van der Waals surface area contributed by atoms with Crippen LogP contribution in [0.5, 0.6) is 0 Å². The van der Waals surface area contributed by atoms with Crippen LogP contribution in [0.25, 0.3) is 0 Å². The molecular weight excluding hydrogens is 102 g/mol. The third kappa shape index (κ3) is 1.03. The fourth-order valence-corrected chi connectivity index (χ4v) is 0.710. The zero-order chi connectivity index (χ0) is 5.98. The van der Waals surface area contributed by atoms with Gasteiger partial charge < -0.3 is 10.8 Å². The van der Waals surface area contributed by atoms with Crippen molar-refractivity contribution < 1.29 is 5.11 Å². The summed E-state index contributed by atoms with van der Waals surface area (Å²) in [6.45, 7) is 0. The molecule has 0 aromatic carbocycles. The molecule has 0 aromatic rings. The summed E-state index contributed by atoms with van der Waals surface area (Å²) in [4.78, 5) is 0. The second-order valence-corrected chi connectivity index (χ2v) is 1.88. The van der Waals surface area contributed by atoms with Crippen molar-refractivity contribution in [3.05, 3.63) is 23.6 Å². The molecule has 3 N–H and O–H groups in total. The summed E-state index contributed by atoms with van der Waals surface area (Å²) in [5.74, 6) is 0.394. The minimum Gasteiger partial charge on any atom is -0.512 e. The predicted octanol–water partition coefficient (Wildman–Crippen LogP) is 1.06. The molecule has 0 spiro atoms. The Kier molecular flexibility index (Phi) is 1.24. The highest BCUT2D eigenvalue weighted by molar-refractivity contribution is 5.21.